The molecule has 0 aliphatic rings. The summed E-state index contributed by atoms with van der Waals surface area (Å²) in [5, 5.41) is 3.63. The molecule has 2 aromatic rings. The molecule has 106 valence electrons. The molecule has 20 heavy (non-hydrogen) atoms. The third-order valence-electron chi connectivity index (χ3n) is 3.42. The van der Waals surface area contributed by atoms with Crippen LogP contribution in [0.1, 0.15) is 28.3 Å². The zero-order valence-electron chi connectivity index (χ0n) is 12.0. The lowest BCUT2D eigenvalue weighted by Gasteiger charge is -2.19. The zero-order chi connectivity index (χ0) is 14.7. The minimum atomic E-state index is -0.263. The lowest BCUT2D eigenvalue weighted by molar-refractivity contribution is 0.534. The Kier molecular flexibility index (Phi) is 4.79. The molecule has 0 heterocycles. The standard InChI is InChI=1S/C17H19ClFN/c1-11-7-12(2)9-13(8-11)10-16(20-3)17-14(18)5-4-6-15(17)19/h4-9,16,20H,10H2,1-3H3. The Labute approximate surface area is 124 Å². The van der Waals surface area contributed by atoms with Crippen molar-refractivity contribution >= 4 is 11.6 Å². The second-order valence-corrected chi connectivity index (χ2v) is 5.58. The van der Waals surface area contributed by atoms with E-state index in [1.807, 2.05) is 7.05 Å². The molecule has 2 rings (SSSR count). The summed E-state index contributed by atoms with van der Waals surface area (Å²) in [4.78, 5) is 0. The Bertz CT molecular complexity index is 569. The molecule has 0 aliphatic heterocycles. The average Bonchev–Trinajstić information content (AvgIpc) is 2.36. The van der Waals surface area contributed by atoms with Gasteiger partial charge in [-0.15, -0.1) is 0 Å². The van der Waals surface area contributed by atoms with Crippen LogP contribution in [-0.2, 0) is 6.42 Å². The lowest BCUT2D eigenvalue weighted by Crippen LogP contribution is -2.20. The van der Waals surface area contributed by atoms with Crippen molar-refractivity contribution in [2.75, 3.05) is 7.05 Å². The Morgan fingerprint density at radius 2 is 1.80 bits per heavy atom. The van der Waals surface area contributed by atoms with Gasteiger partial charge >= 0.3 is 0 Å². The molecular formula is C17H19ClFN. The smallest absolute Gasteiger partial charge is 0.129 e. The fraction of sp³-hybridized carbons (Fsp3) is 0.294. The van der Waals surface area contributed by atoms with Gasteiger partial charge in [0.25, 0.3) is 0 Å². The molecule has 0 spiro atoms. The van der Waals surface area contributed by atoms with E-state index in [0.29, 0.717) is 17.0 Å². The predicted molar refractivity (Wildman–Crippen MR) is 82.8 cm³/mol. The van der Waals surface area contributed by atoms with E-state index in [1.165, 1.54) is 22.8 Å². The fourth-order valence-electron chi connectivity index (χ4n) is 2.61. The van der Waals surface area contributed by atoms with E-state index in [-0.39, 0.29) is 11.9 Å². The highest BCUT2D eigenvalue weighted by Gasteiger charge is 2.18. The van der Waals surface area contributed by atoms with Gasteiger partial charge in [0.15, 0.2) is 0 Å². The summed E-state index contributed by atoms with van der Waals surface area (Å²) in [6, 6.07) is 11.1. The first-order chi connectivity index (χ1) is 9.51. The Morgan fingerprint density at radius 3 is 2.35 bits per heavy atom. The topological polar surface area (TPSA) is 12.0 Å². The van der Waals surface area contributed by atoms with Gasteiger partial charge in [-0.3, -0.25) is 0 Å². The quantitative estimate of drug-likeness (QED) is 0.868. The number of hydrogen-bond donors (Lipinski definition) is 1. The Morgan fingerprint density at radius 1 is 1.15 bits per heavy atom. The lowest BCUT2D eigenvalue weighted by atomic mass is 9.96. The second-order valence-electron chi connectivity index (χ2n) is 5.18. The molecule has 0 saturated carbocycles. The van der Waals surface area contributed by atoms with Crippen LogP contribution in [0, 0.1) is 19.7 Å². The van der Waals surface area contributed by atoms with E-state index in [1.54, 1.807) is 12.1 Å². The maximum absolute atomic E-state index is 14.0. The SMILES string of the molecule is CNC(Cc1cc(C)cc(C)c1)c1c(F)cccc1Cl. The van der Waals surface area contributed by atoms with Crippen molar-refractivity contribution in [3.05, 3.63) is 69.5 Å². The predicted octanol–water partition coefficient (Wildman–Crippen LogP) is 4.60. The van der Waals surface area contributed by atoms with Gasteiger partial charge in [0.1, 0.15) is 5.82 Å². The monoisotopic (exact) mass is 291 g/mol. The number of halogens is 2. The van der Waals surface area contributed by atoms with Crippen LogP contribution >= 0.6 is 11.6 Å². The van der Waals surface area contributed by atoms with Crippen LogP contribution in [0.15, 0.2) is 36.4 Å². The first-order valence-corrected chi connectivity index (χ1v) is 7.07. The van der Waals surface area contributed by atoms with Gasteiger partial charge < -0.3 is 5.32 Å². The number of hydrogen-bond acceptors (Lipinski definition) is 1. The van der Waals surface area contributed by atoms with Crippen LogP contribution in [0.2, 0.25) is 5.02 Å². The van der Waals surface area contributed by atoms with Gasteiger partial charge in [0, 0.05) is 16.6 Å². The first-order valence-electron chi connectivity index (χ1n) is 6.69. The number of likely N-dealkylation sites (N-methyl/N-ethyl adjacent to an activating group) is 1. The molecule has 1 atom stereocenters. The maximum atomic E-state index is 14.0. The third-order valence-corrected chi connectivity index (χ3v) is 3.75. The molecule has 0 fully saturated rings. The highest BCUT2D eigenvalue weighted by Crippen LogP contribution is 2.28. The number of aryl methyl sites for hydroxylation is 2. The van der Waals surface area contributed by atoms with Gasteiger partial charge in [0.2, 0.25) is 0 Å². The molecule has 1 unspecified atom stereocenters. The molecule has 3 heteroatoms. The van der Waals surface area contributed by atoms with Gasteiger partial charge in [-0.25, -0.2) is 4.39 Å². The van der Waals surface area contributed by atoms with Crippen LogP contribution < -0.4 is 5.32 Å². The van der Waals surface area contributed by atoms with Crippen LogP contribution in [0.4, 0.5) is 4.39 Å². The van der Waals surface area contributed by atoms with Crippen molar-refractivity contribution in [2.24, 2.45) is 0 Å². The summed E-state index contributed by atoms with van der Waals surface area (Å²) in [5.74, 6) is -0.263. The molecule has 0 aliphatic carbocycles. The summed E-state index contributed by atoms with van der Waals surface area (Å²) in [5.41, 5.74) is 4.15. The maximum Gasteiger partial charge on any atom is 0.129 e. The summed E-state index contributed by atoms with van der Waals surface area (Å²) in [6.07, 6.45) is 0.708. The van der Waals surface area contributed by atoms with Crippen molar-refractivity contribution in [3.63, 3.8) is 0 Å². The molecule has 0 saturated heterocycles. The van der Waals surface area contributed by atoms with Crippen LogP contribution in [0.3, 0.4) is 0 Å². The molecule has 1 nitrogen and oxygen atoms in total. The third kappa shape index (κ3) is 3.38. The summed E-state index contributed by atoms with van der Waals surface area (Å²) < 4.78 is 14.0. The molecule has 0 radical (unpaired) electrons. The first kappa shape index (κ1) is 15.0. The van der Waals surface area contributed by atoms with Crippen molar-refractivity contribution in [2.45, 2.75) is 26.3 Å². The van der Waals surface area contributed by atoms with Crippen molar-refractivity contribution < 1.29 is 4.39 Å². The van der Waals surface area contributed by atoms with E-state index < -0.39 is 0 Å². The molecule has 1 N–H and O–H groups in total. The van der Waals surface area contributed by atoms with Crippen molar-refractivity contribution in [1.82, 2.24) is 5.32 Å². The molecule has 2 aromatic carbocycles. The van der Waals surface area contributed by atoms with E-state index >= 15 is 0 Å². The zero-order valence-corrected chi connectivity index (χ0v) is 12.8. The average molecular weight is 292 g/mol. The molecular weight excluding hydrogens is 273 g/mol. The number of benzene rings is 2. The van der Waals surface area contributed by atoms with E-state index in [4.69, 9.17) is 11.6 Å². The van der Waals surface area contributed by atoms with Gasteiger partial charge in [-0.05, 0) is 45.0 Å². The van der Waals surface area contributed by atoms with Crippen molar-refractivity contribution in [3.8, 4) is 0 Å². The summed E-state index contributed by atoms with van der Waals surface area (Å²) in [7, 11) is 1.83. The van der Waals surface area contributed by atoms with Crippen LogP contribution in [0.5, 0.6) is 0 Å². The second kappa shape index (κ2) is 6.38. The van der Waals surface area contributed by atoms with Crippen molar-refractivity contribution in [1.29, 1.82) is 0 Å². The summed E-state index contributed by atoms with van der Waals surface area (Å²) >= 11 is 6.15. The minimum Gasteiger partial charge on any atom is -0.313 e. The Balaban J connectivity index is 2.34. The molecule has 0 bridgehead atoms. The number of rotatable bonds is 4. The number of nitrogens with one attached hydrogen (secondary N) is 1. The van der Waals surface area contributed by atoms with Crippen LogP contribution in [0.25, 0.3) is 0 Å². The highest BCUT2D eigenvalue weighted by molar-refractivity contribution is 6.31. The minimum absolute atomic E-state index is 0.134. The van der Waals surface area contributed by atoms with Gasteiger partial charge in [-0.1, -0.05) is 47.0 Å². The normalized spacial score (nSPS) is 12.4. The van der Waals surface area contributed by atoms with E-state index in [0.717, 1.165) is 0 Å². The van der Waals surface area contributed by atoms with Gasteiger partial charge in [-0.2, -0.15) is 0 Å². The van der Waals surface area contributed by atoms with E-state index in [2.05, 4.69) is 37.4 Å². The fourth-order valence-corrected chi connectivity index (χ4v) is 2.91. The largest absolute Gasteiger partial charge is 0.313 e. The van der Waals surface area contributed by atoms with E-state index in [9.17, 15) is 4.39 Å². The van der Waals surface area contributed by atoms with Gasteiger partial charge in [0.05, 0.1) is 0 Å². The summed E-state index contributed by atoms with van der Waals surface area (Å²) in [6.45, 7) is 4.14. The highest BCUT2D eigenvalue weighted by atomic mass is 35.5. The molecule has 0 amide bonds. The Hall–Kier alpha value is -1.38. The molecule has 0 aromatic heterocycles. The van der Waals surface area contributed by atoms with Crippen LogP contribution in [-0.4, -0.2) is 7.05 Å².